The van der Waals surface area contributed by atoms with E-state index in [1.165, 1.54) is 54.2 Å². The van der Waals surface area contributed by atoms with Crippen molar-refractivity contribution >= 4 is 92.1 Å². The second-order valence-corrected chi connectivity index (χ2v) is 14.0. The molecule has 2 aromatic carbocycles. The monoisotopic (exact) mass is 764 g/mol. The third kappa shape index (κ3) is 9.02. The number of sulfonamides is 2. The number of thiazole rings is 2. The zero-order chi connectivity index (χ0) is 33.1. The van der Waals surface area contributed by atoms with Gasteiger partial charge in [0, 0.05) is 46.3 Å². The van der Waals surface area contributed by atoms with Gasteiger partial charge in [-0.25, -0.2) is 26.8 Å². The van der Waals surface area contributed by atoms with Crippen LogP contribution in [0.1, 0.15) is 0 Å². The molecule has 22 heteroatoms. The standard InChI is InChI=1S/C14H9F3N4O3S2.C12H10N4O2S2.K.H2O/c15-14(16,17)12(22)20-9-3-4-10(8-2-1-5-18-11(8)9)26(23,24)21-13-19-6-7-25-13;13-9-3-4-10(8-2-1-5-14-11(8)9)20(17,18)16-12-15-6-7-19-12;;/h1-7H,(H,19,21)(H,20,22);1-7H,13H2,(H,15,16);;1H2/q;;+1;/p-1. The average Bonchev–Trinajstić information content (AvgIpc) is 3.71. The smallest absolute Gasteiger partial charge is 0.870 e. The Kier molecular flexibility index (Phi) is 13.0. The van der Waals surface area contributed by atoms with Crippen LogP contribution in [0.4, 0.5) is 34.8 Å². The van der Waals surface area contributed by atoms with Crippen molar-refractivity contribution in [3.05, 3.63) is 84.1 Å². The van der Waals surface area contributed by atoms with E-state index in [1.807, 2.05) is 0 Å². The summed E-state index contributed by atoms with van der Waals surface area (Å²) in [5.41, 5.74) is 6.38. The molecule has 0 aliphatic rings. The van der Waals surface area contributed by atoms with Crippen molar-refractivity contribution in [2.75, 3.05) is 20.5 Å². The second kappa shape index (κ2) is 15.9. The first-order chi connectivity index (χ1) is 21.8. The normalized spacial score (nSPS) is 11.4. The zero-order valence-corrected chi connectivity index (χ0v) is 30.6. The molecule has 0 aliphatic carbocycles. The van der Waals surface area contributed by atoms with Gasteiger partial charge in [-0.3, -0.25) is 24.2 Å². The van der Waals surface area contributed by atoms with Gasteiger partial charge in [0.05, 0.1) is 32.2 Å². The Labute approximate surface area is 320 Å². The van der Waals surface area contributed by atoms with Gasteiger partial charge in [-0.1, -0.05) is 0 Å². The minimum Gasteiger partial charge on any atom is -0.870 e. The fourth-order valence-electron chi connectivity index (χ4n) is 3.97. The average molecular weight is 765 g/mol. The number of anilines is 4. The number of pyridine rings is 2. The number of nitrogens with zero attached hydrogens (tertiary/aromatic N) is 4. The van der Waals surface area contributed by atoms with Crippen LogP contribution in [0.5, 0.6) is 0 Å². The molecule has 4 heterocycles. The first kappa shape index (κ1) is 39.1. The molecule has 6 N–H and O–H groups in total. The molecule has 6 aromatic rings. The molecule has 0 fully saturated rings. The largest absolute Gasteiger partial charge is 1.00 e. The number of hydrogen-bond acceptors (Lipinski definition) is 13. The summed E-state index contributed by atoms with van der Waals surface area (Å²) in [7, 11) is -7.78. The van der Waals surface area contributed by atoms with Crippen molar-refractivity contribution in [1.29, 1.82) is 0 Å². The number of carbonyl (C=O) groups is 1. The zero-order valence-electron chi connectivity index (χ0n) is 24.2. The number of benzene rings is 2. The van der Waals surface area contributed by atoms with Crippen LogP contribution in [0.25, 0.3) is 21.8 Å². The van der Waals surface area contributed by atoms with Crippen LogP contribution in [-0.2, 0) is 24.8 Å². The number of nitrogen functional groups attached to an aromatic ring is 1. The molecule has 14 nitrogen and oxygen atoms in total. The van der Waals surface area contributed by atoms with Crippen molar-refractivity contribution in [3.8, 4) is 0 Å². The summed E-state index contributed by atoms with van der Waals surface area (Å²) in [4.78, 5) is 26.8. The molecule has 0 aliphatic heterocycles. The van der Waals surface area contributed by atoms with Crippen LogP contribution in [0.15, 0.2) is 93.9 Å². The molecule has 246 valence electrons. The van der Waals surface area contributed by atoms with Gasteiger partial charge >= 0.3 is 63.5 Å². The van der Waals surface area contributed by atoms with E-state index in [1.54, 1.807) is 34.4 Å². The number of alkyl halides is 3. The Hall–Kier alpha value is -3.32. The maximum absolute atomic E-state index is 12.6. The van der Waals surface area contributed by atoms with Gasteiger partial charge in [0.25, 0.3) is 20.0 Å². The Morgan fingerprint density at radius 1 is 0.708 bits per heavy atom. The maximum atomic E-state index is 12.6. The molecule has 0 atom stereocenters. The van der Waals surface area contributed by atoms with Gasteiger partial charge in [0.1, 0.15) is 0 Å². The van der Waals surface area contributed by atoms with E-state index in [0.29, 0.717) is 21.7 Å². The van der Waals surface area contributed by atoms with Crippen LogP contribution < -0.4 is 71.9 Å². The van der Waals surface area contributed by atoms with E-state index in [2.05, 4.69) is 29.4 Å². The summed E-state index contributed by atoms with van der Waals surface area (Å²) in [6, 6.07) is 11.3. The summed E-state index contributed by atoms with van der Waals surface area (Å²) in [5.74, 6) is -2.18. The molecule has 1 amide bonds. The number of halogens is 3. The Balaban J connectivity index is 0.000000257. The number of rotatable bonds is 7. The summed E-state index contributed by atoms with van der Waals surface area (Å²) < 4.78 is 92.1. The third-order valence-electron chi connectivity index (χ3n) is 5.88. The fourth-order valence-corrected chi connectivity index (χ4v) is 7.94. The fraction of sp³-hybridized carbons (Fsp3) is 0.0385. The van der Waals surface area contributed by atoms with E-state index < -0.39 is 32.1 Å². The molecule has 0 unspecified atom stereocenters. The molecule has 48 heavy (non-hydrogen) atoms. The van der Waals surface area contributed by atoms with Gasteiger partial charge in [-0.2, -0.15) is 13.2 Å². The topological polar surface area (TPSA) is 229 Å². The van der Waals surface area contributed by atoms with Gasteiger partial charge in [0.15, 0.2) is 10.3 Å². The van der Waals surface area contributed by atoms with Crippen LogP contribution in [0, 0.1) is 0 Å². The maximum Gasteiger partial charge on any atom is 1.00 e. The van der Waals surface area contributed by atoms with Gasteiger partial charge in [0.2, 0.25) is 0 Å². The summed E-state index contributed by atoms with van der Waals surface area (Å²) >= 11 is 2.28. The minimum atomic E-state index is -5.09. The predicted octanol–water partition coefficient (Wildman–Crippen LogP) is 1.89. The third-order valence-corrected chi connectivity index (χ3v) is 10.3. The number of nitrogens with one attached hydrogen (secondary N) is 3. The van der Waals surface area contributed by atoms with Crippen molar-refractivity contribution in [1.82, 2.24) is 19.9 Å². The number of amides is 1. The number of fused-ring (bicyclic) bond motifs is 2. The molecule has 0 saturated heterocycles. The molecule has 0 radical (unpaired) electrons. The van der Waals surface area contributed by atoms with Crippen LogP contribution in [-0.4, -0.2) is 54.3 Å². The van der Waals surface area contributed by atoms with E-state index >= 15 is 0 Å². The first-order valence-corrected chi connectivity index (χ1v) is 17.2. The number of nitrogens with two attached hydrogens (primary N) is 1. The van der Waals surface area contributed by atoms with Crippen molar-refractivity contribution in [2.24, 2.45) is 0 Å². The van der Waals surface area contributed by atoms with Gasteiger partial charge in [-0.05, 0) is 48.5 Å². The first-order valence-electron chi connectivity index (χ1n) is 12.5. The molecular formula is C26H20F3KN8O6S4. The quantitative estimate of drug-likeness (QED) is 0.136. The number of hydrogen-bond donors (Lipinski definition) is 4. The minimum absolute atomic E-state index is 0. The van der Waals surface area contributed by atoms with E-state index in [4.69, 9.17) is 5.73 Å². The Morgan fingerprint density at radius 3 is 1.67 bits per heavy atom. The number of carbonyl (C=O) groups excluding carboxylic acids is 1. The molecule has 0 spiro atoms. The van der Waals surface area contributed by atoms with E-state index in [0.717, 1.165) is 23.5 Å². The predicted molar refractivity (Wildman–Crippen MR) is 170 cm³/mol. The Bertz CT molecular complexity index is 2260. The van der Waals surface area contributed by atoms with Crippen LogP contribution >= 0.6 is 22.7 Å². The number of aromatic nitrogens is 4. The summed E-state index contributed by atoms with van der Waals surface area (Å²) in [5, 5.41) is 5.96. The molecule has 4 aromatic heterocycles. The van der Waals surface area contributed by atoms with Gasteiger partial charge < -0.3 is 16.5 Å². The molecular weight excluding hydrogens is 745 g/mol. The van der Waals surface area contributed by atoms with Crippen molar-refractivity contribution in [3.63, 3.8) is 0 Å². The van der Waals surface area contributed by atoms with E-state index in [9.17, 15) is 34.8 Å². The van der Waals surface area contributed by atoms with Gasteiger partial charge in [-0.15, -0.1) is 22.7 Å². The van der Waals surface area contributed by atoms with Crippen LogP contribution in [0.2, 0.25) is 0 Å². The molecule has 0 saturated carbocycles. The van der Waals surface area contributed by atoms with Crippen molar-refractivity contribution in [2.45, 2.75) is 16.0 Å². The van der Waals surface area contributed by atoms with Crippen LogP contribution in [0.3, 0.4) is 0 Å². The summed E-state index contributed by atoms with van der Waals surface area (Å²) in [6.07, 6.45) is 0.709. The summed E-state index contributed by atoms with van der Waals surface area (Å²) in [6.45, 7) is 0. The van der Waals surface area contributed by atoms with E-state index in [-0.39, 0.29) is 88.4 Å². The van der Waals surface area contributed by atoms with Crippen molar-refractivity contribution < 1.29 is 91.7 Å². The SMILES string of the molecule is Nc1ccc(S(=O)(=O)Nc2nccs2)c2cccnc12.O=C(Nc1ccc(S(=O)(=O)Nc2nccs2)c2cccnc12)C(F)(F)F.[K+].[OH-]. The second-order valence-electron chi connectivity index (χ2n) is 8.90. The Morgan fingerprint density at radius 2 is 1.19 bits per heavy atom. The molecule has 0 bridgehead atoms. The molecule has 6 rings (SSSR count).